The summed E-state index contributed by atoms with van der Waals surface area (Å²) in [6.45, 7) is 5.63. The molecule has 0 aliphatic rings. The van der Waals surface area contributed by atoms with Gasteiger partial charge in [-0.05, 0) is 23.8 Å². The van der Waals surface area contributed by atoms with E-state index in [-0.39, 0.29) is 5.56 Å². The van der Waals surface area contributed by atoms with Gasteiger partial charge >= 0.3 is 6.18 Å². The molecule has 3 aromatic rings. The summed E-state index contributed by atoms with van der Waals surface area (Å²) in [5.74, 6) is 0. The molecule has 2 nitrogen and oxygen atoms in total. The molecular weight excluding hydrogens is 353 g/mol. The standard InChI is InChI=1S/C20H15F3O2.C2H6/c1-2-3-7-15(20(21,22)23)11-14-12-25-17-10-9-13-6-4-5-8-16(13)18(17)19(14)24;1-2/h2-10,12H,11H2,1H3;1-2H3/b3-2-,15-7+;. The predicted molar refractivity (Wildman–Crippen MR) is 104 cm³/mol. The number of halogens is 3. The number of benzene rings is 2. The highest BCUT2D eigenvalue weighted by atomic mass is 19.4. The smallest absolute Gasteiger partial charge is 0.413 e. The molecule has 0 radical (unpaired) electrons. The molecule has 0 atom stereocenters. The lowest BCUT2D eigenvalue weighted by molar-refractivity contribution is -0.0931. The highest BCUT2D eigenvalue weighted by molar-refractivity contribution is 6.05. The molecule has 0 N–H and O–H groups in total. The molecule has 27 heavy (non-hydrogen) atoms. The van der Waals surface area contributed by atoms with E-state index in [4.69, 9.17) is 4.42 Å². The second kappa shape index (κ2) is 8.71. The van der Waals surface area contributed by atoms with Crippen molar-refractivity contribution in [2.75, 3.05) is 0 Å². The molecule has 0 saturated carbocycles. The van der Waals surface area contributed by atoms with Crippen molar-refractivity contribution in [1.82, 2.24) is 0 Å². The van der Waals surface area contributed by atoms with Gasteiger partial charge in [0.1, 0.15) is 5.58 Å². The van der Waals surface area contributed by atoms with E-state index in [1.54, 1.807) is 25.1 Å². The first kappa shape index (κ1) is 20.5. The monoisotopic (exact) mass is 374 g/mol. The molecule has 5 heteroatoms. The minimum atomic E-state index is -4.51. The number of hydrogen-bond donors (Lipinski definition) is 0. The Kier molecular flexibility index (Phi) is 6.61. The van der Waals surface area contributed by atoms with E-state index >= 15 is 0 Å². The van der Waals surface area contributed by atoms with E-state index in [0.717, 1.165) is 17.7 Å². The lowest BCUT2D eigenvalue weighted by atomic mass is 10.0. The van der Waals surface area contributed by atoms with Gasteiger partial charge in [0.15, 0.2) is 5.43 Å². The zero-order valence-electron chi connectivity index (χ0n) is 15.4. The molecule has 0 bridgehead atoms. The number of rotatable bonds is 3. The number of hydrogen-bond acceptors (Lipinski definition) is 2. The van der Waals surface area contributed by atoms with Crippen LogP contribution in [0, 0.1) is 0 Å². The SMILES string of the molecule is C/C=C\C=C(/Cc1coc2ccc3ccccc3c2c1=O)C(F)(F)F.CC. The maximum Gasteiger partial charge on any atom is 0.413 e. The molecule has 1 aromatic heterocycles. The van der Waals surface area contributed by atoms with Crippen LogP contribution < -0.4 is 5.43 Å². The quantitative estimate of drug-likeness (QED) is 0.383. The summed E-state index contributed by atoms with van der Waals surface area (Å²) in [5.41, 5.74) is -0.887. The van der Waals surface area contributed by atoms with Crippen molar-refractivity contribution >= 4 is 21.7 Å². The van der Waals surface area contributed by atoms with Crippen LogP contribution in [0.5, 0.6) is 0 Å². The average molecular weight is 374 g/mol. The summed E-state index contributed by atoms with van der Waals surface area (Å²) in [7, 11) is 0. The van der Waals surface area contributed by atoms with Gasteiger partial charge in [-0.1, -0.05) is 62.4 Å². The molecule has 3 rings (SSSR count). The van der Waals surface area contributed by atoms with Crippen molar-refractivity contribution in [1.29, 1.82) is 0 Å². The van der Waals surface area contributed by atoms with Gasteiger partial charge in [-0.15, -0.1) is 0 Å². The summed E-state index contributed by atoms with van der Waals surface area (Å²) in [4.78, 5) is 12.8. The Labute approximate surface area is 155 Å². The van der Waals surface area contributed by atoms with Crippen molar-refractivity contribution in [2.45, 2.75) is 33.4 Å². The van der Waals surface area contributed by atoms with Gasteiger partial charge in [-0.25, -0.2) is 0 Å². The third kappa shape index (κ3) is 4.48. The molecule has 0 amide bonds. The highest BCUT2D eigenvalue weighted by Gasteiger charge is 2.33. The molecule has 0 unspecified atom stereocenters. The molecule has 0 fully saturated rings. The predicted octanol–water partition coefficient (Wildman–Crippen LogP) is 6.58. The van der Waals surface area contributed by atoms with Crippen molar-refractivity contribution in [3.05, 3.63) is 82.2 Å². The molecule has 0 aliphatic carbocycles. The van der Waals surface area contributed by atoms with Gasteiger partial charge in [-0.3, -0.25) is 4.79 Å². The lowest BCUT2D eigenvalue weighted by Gasteiger charge is -2.11. The third-order valence-corrected chi connectivity index (χ3v) is 3.97. The molecule has 2 aromatic carbocycles. The number of fused-ring (bicyclic) bond motifs is 3. The van der Waals surface area contributed by atoms with E-state index in [0.29, 0.717) is 16.4 Å². The minimum Gasteiger partial charge on any atom is -0.464 e. The van der Waals surface area contributed by atoms with Crippen LogP contribution in [0.15, 0.2) is 75.7 Å². The second-order valence-electron chi connectivity index (χ2n) is 5.64. The first-order chi connectivity index (χ1) is 12.9. The van der Waals surface area contributed by atoms with E-state index in [1.165, 1.54) is 12.2 Å². The van der Waals surface area contributed by atoms with Gasteiger partial charge in [0.05, 0.1) is 11.6 Å². The third-order valence-electron chi connectivity index (χ3n) is 3.97. The van der Waals surface area contributed by atoms with Crippen molar-refractivity contribution in [3.8, 4) is 0 Å². The average Bonchev–Trinajstić information content (AvgIpc) is 2.67. The van der Waals surface area contributed by atoms with Crippen molar-refractivity contribution in [2.24, 2.45) is 0 Å². The zero-order chi connectivity index (χ0) is 20.0. The zero-order valence-corrected chi connectivity index (χ0v) is 15.4. The first-order valence-corrected chi connectivity index (χ1v) is 8.73. The van der Waals surface area contributed by atoms with E-state index in [1.807, 2.05) is 32.0 Å². The first-order valence-electron chi connectivity index (χ1n) is 8.73. The highest BCUT2D eigenvalue weighted by Crippen LogP contribution is 2.29. The molecule has 1 heterocycles. The van der Waals surface area contributed by atoms with Gasteiger partial charge < -0.3 is 4.42 Å². The van der Waals surface area contributed by atoms with Gasteiger partial charge in [0.25, 0.3) is 0 Å². The molecule has 0 aliphatic heterocycles. The summed E-state index contributed by atoms with van der Waals surface area (Å²) in [5, 5.41) is 1.81. The van der Waals surface area contributed by atoms with E-state index in [9.17, 15) is 18.0 Å². The van der Waals surface area contributed by atoms with Gasteiger partial charge in [0, 0.05) is 17.6 Å². The van der Waals surface area contributed by atoms with Crippen LogP contribution >= 0.6 is 0 Å². The van der Waals surface area contributed by atoms with E-state index < -0.39 is 23.6 Å². The normalized spacial score (nSPS) is 12.4. The van der Waals surface area contributed by atoms with Crippen LogP contribution in [0.4, 0.5) is 13.2 Å². The Hall–Kier alpha value is -2.82. The van der Waals surface area contributed by atoms with Crippen molar-refractivity contribution < 1.29 is 17.6 Å². The fraction of sp³-hybridized carbons (Fsp3) is 0.227. The molecule has 142 valence electrons. The molecular formula is C22H21F3O2. The van der Waals surface area contributed by atoms with Crippen LogP contribution in [-0.4, -0.2) is 6.18 Å². The van der Waals surface area contributed by atoms with Gasteiger partial charge in [-0.2, -0.15) is 13.2 Å². The Morgan fingerprint density at radius 3 is 2.48 bits per heavy atom. The minimum absolute atomic E-state index is 0.0167. The summed E-state index contributed by atoms with van der Waals surface area (Å²) < 4.78 is 45.0. The Balaban J connectivity index is 0.00000126. The molecule has 0 saturated heterocycles. The topological polar surface area (TPSA) is 30.2 Å². The van der Waals surface area contributed by atoms with Crippen LogP contribution in [0.25, 0.3) is 21.7 Å². The summed E-state index contributed by atoms with van der Waals surface area (Å²) in [6.07, 6.45) is -0.139. The fourth-order valence-electron chi connectivity index (χ4n) is 2.73. The van der Waals surface area contributed by atoms with Gasteiger partial charge in [0.2, 0.25) is 0 Å². The summed E-state index contributed by atoms with van der Waals surface area (Å²) in [6, 6.07) is 10.7. The Morgan fingerprint density at radius 2 is 1.81 bits per heavy atom. The lowest BCUT2D eigenvalue weighted by Crippen LogP contribution is -2.18. The fourth-order valence-corrected chi connectivity index (χ4v) is 2.73. The Morgan fingerprint density at radius 1 is 1.11 bits per heavy atom. The largest absolute Gasteiger partial charge is 0.464 e. The number of alkyl halides is 3. The van der Waals surface area contributed by atoms with Crippen LogP contribution in [0.2, 0.25) is 0 Å². The maximum atomic E-state index is 13.2. The van der Waals surface area contributed by atoms with Crippen molar-refractivity contribution in [3.63, 3.8) is 0 Å². The Bertz CT molecular complexity index is 1040. The maximum absolute atomic E-state index is 13.2. The van der Waals surface area contributed by atoms with E-state index in [2.05, 4.69) is 0 Å². The van der Waals surface area contributed by atoms with Crippen LogP contribution in [-0.2, 0) is 6.42 Å². The molecule has 0 spiro atoms. The number of allylic oxidation sites excluding steroid dienone is 4. The summed E-state index contributed by atoms with van der Waals surface area (Å²) >= 11 is 0. The second-order valence-corrected chi connectivity index (χ2v) is 5.64. The van der Waals surface area contributed by atoms with Crippen LogP contribution in [0.3, 0.4) is 0 Å². The van der Waals surface area contributed by atoms with Crippen LogP contribution in [0.1, 0.15) is 26.3 Å².